The fourth-order valence-corrected chi connectivity index (χ4v) is 2.66. The van der Waals surface area contributed by atoms with Crippen LogP contribution in [0.4, 0.5) is 0 Å². The van der Waals surface area contributed by atoms with E-state index in [1.165, 1.54) is 26.4 Å². The molecule has 0 radical (unpaired) electrons. The van der Waals surface area contributed by atoms with E-state index in [4.69, 9.17) is 21.1 Å². The third-order valence-electron chi connectivity index (χ3n) is 3.61. The second-order valence-electron chi connectivity index (χ2n) is 5.42. The van der Waals surface area contributed by atoms with Crippen LogP contribution in [0.3, 0.4) is 0 Å². The van der Waals surface area contributed by atoms with Gasteiger partial charge in [0.2, 0.25) is 0 Å². The van der Waals surface area contributed by atoms with Crippen LogP contribution in [-0.2, 0) is 0 Å². The zero-order chi connectivity index (χ0) is 18.6. The van der Waals surface area contributed by atoms with Crippen molar-refractivity contribution in [2.75, 3.05) is 14.2 Å². The highest BCUT2D eigenvalue weighted by Crippen LogP contribution is 2.35. The molecule has 6 nitrogen and oxygen atoms in total. The number of ether oxygens (including phenoxy) is 2. The molecule has 2 rings (SSSR count). The molecule has 0 atom stereocenters. The van der Waals surface area contributed by atoms with E-state index in [1.807, 2.05) is 26.0 Å². The molecular weight excluding hydrogens is 344 g/mol. The molecule has 0 heterocycles. The van der Waals surface area contributed by atoms with Crippen molar-refractivity contribution in [3.8, 4) is 11.5 Å². The summed E-state index contributed by atoms with van der Waals surface area (Å²) in [5, 5.41) is 0.229. The van der Waals surface area contributed by atoms with Gasteiger partial charge < -0.3 is 9.47 Å². The van der Waals surface area contributed by atoms with E-state index in [0.29, 0.717) is 17.1 Å². The number of hydrogen-bond donors (Lipinski definition) is 2. The molecule has 0 aliphatic carbocycles. The van der Waals surface area contributed by atoms with Crippen molar-refractivity contribution < 1.29 is 19.1 Å². The standard InChI is InChI=1S/C18H19ClN2O4/c1-10-5-6-13(11(2)7-10)18(23)21-20-17(22)12-8-14(19)16(25-4)15(9-12)24-3/h5-9H,1-4H3,(H,20,22)(H,21,23). The van der Waals surface area contributed by atoms with E-state index in [-0.39, 0.29) is 10.6 Å². The normalized spacial score (nSPS) is 10.1. The number of rotatable bonds is 4. The number of hydrazine groups is 1. The van der Waals surface area contributed by atoms with Crippen LogP contribution in [0.25, 0.3) is 0 Å². The van der Waals surface area contributed by atoms with Gasteiger partial charge >= 0.3 is 0 Å². The van der Waals surface area contributed by atoms with Gasteiger partial charge in [-0.2, -0.15) is 0 Å². The molecule has 0 aromatic heterocycles. The van der Waals surface area contributed by atoms with Crippen molar-refractivity contribution >= 4 is 23.4 Å². The Bertz CT molecular complexity index is 821. The van der Waals surface area contributed by atoms with Crippen molar-refractivity contribution in [2.45, 2.75) is 13.8 Å². The monoisotopic (exact) mass is 362 g/mol. The maximum atomic E-state index is 12.3. The van der Waals surface area contributed by atoms with Gasteiger partial charge in [-0.1, -0.05) is 29.3 Å². The van der Waals surface area contributed by atoms with Gasteiger partial charge in [0.1, 0.15) is 0 Å². The van der Waals surface area contributed by atoms with Gasteiger partial charge in [0.05, 0.1) is 19.2 Å². The molecule has 0 fully saturated rings. The number of nitrogens with one attached hydrogen (secondary N) is 2. The van der Waals surface area contributed by atoms with Crippen molar-refractivity contribution in [2.24, 2.45) is 0 Å². The van der Waals surface area contributed by atoms with Gasteiger partial charge in [0.25, 0.3) is 11.8 Å². The molecule has 0 unspecified atom stereocenters. The fraction of sp³-hybridized carbons (Fsp3) is 0.222. The summed E-state index contributed by atoms with van der Waals surface area (Å²) in [6.45, 7) is 3.77. The molecule has 0 aliphatic heterocycles. The lowest BCUT2D eigenvalue weighted by Gasteiger charge is -2.13. The smallest absolute Gasteiger partial charge is 0.269 e. The first-order valence-corrected chi connectivity index (χ1v) is 7.84. The van der Waals surface area contributed by atoms with Crippen LogP contribution >= 0.6 is 11.6 Å². The van der Waals surface area contributed by atoms with Gasteiger partial charge in [0, 0.05) is 11.1 Å². The number of halogens is 1. The Hall–Kier alpha value is -2.73. The van der Waals surface area contributed by atoms with E-state index in [2.05, 4.69) is 10.9 Å². The number of aryl methyl sites for hydroxylation is 2. The molecule has 0 saturated heterocycles. The highest BCUT2D eigenvalue weighted by Gasteiger charge is 2.16. The van der Waals surface area contributed by atoms with E-state index < -0.39 is 11.8 Å². The second-order valence-corrected chi connectivity index (χ2v) is 5.83. The Balaban J connectivity index is 2.12. The van der Waals surface area contributed by atoms with Crippen LogP contribution in [-0.4, -0.2) is 26.0 Å². The molecule has 2 N–H and O–H groups in total. The van der Waals surface area contributed by atoms with E-state index in [9.17, 15) is 9.59 Å². The number of amides is 2. The van der Waals surface area contributed by atoms with E-state index >= 15 is 0 Å². The number of carbonyl (C=O) groups is 2. The summed E-state index contributed by atoms with van der Waals surface area (Å²) in [4.78, 5) is 24.5. The minimum absolute atomic E-state index is 0.226. The molecule has 2 amide bonds. The van der Waals surface area contributed by atoms with Crippen LogP contribution in [0.1, 0.15) is 31.8 Å². The van der Waals surface area contributed by atoms with Gasteiger partial charge in [-0.15, -0.1) is 0 Å². The zero-order valence-electron chi connectivity index (χ0n) is 14.4. The highest BCUT2D eigenvalue weighted by molar-refractivity contribution is 6.32. The molecule has 0 aliphatic rings. The van der Waals surface area contributed by atoms with Gasteiger partial charge in [-0.25, -0.2) is 0 Å². The van der Waals surface area contributed by atoms with Crippen molar-refractivity contribution in [3.05, 3.63) is 57.6 Å². The van der Waals surface area contributed by atoms with E-state index in [1.54, 1.807) is 6.07 Å². The first kappa shape index (κ1) is 18.6. The predicted molar refractivity (Wildman–Crippen MR) is 95.4 cm³/mol. The minimum Gasteiger partial charge on any atom is -0.493 e. The molecule has 0 spiro atoms. The summed E-state index contributed by atoms with van der Waals surface area (Å²) >= 11 is 6.08. The quantitative estimate of drug-likeness (QED) is 0.819. The lowest BCUT2D eigenvalue weighted by molar-refractivity contribution is 0.0846. The van der Waals surface area contributed by atoms with Crippen LogP contribution in [0, 0.1) is 13.8 Å². The summed E-state index contributed by atoms with van der Waals surface area (Å²) in [6, 6.07) is 8.34. The van der Waals surface area contributed by atoms with Crippen LogP contribution in [0.2, 0.25) is 5.02 Å². The summed E-state index contributed by atoms with van der Waals surface area (Å²) < 4.78 is 10.3. The number of carbonyl (C=O) groups excluding carboxylic acids is 2. The highest BCUT2D eigenvalue weighted by atomic mass is 35.5. The molecule has 132 valence electrons. The summed E-state index contributed by atoms with van der Waals surface area (Å²) in [7, 11) is 2.89. The van der Waals surface area contributed by atoms with Gasteiger partial charge in [-0.05, 0) is 37.6 Å². The SMILES string of the molecule is COc1cc(C(=O)NNC(=O)c2ccc(C)cc2C)cc(Cl)c1OC. The minimum atomic E-state index is -0.527. The average Bonchev–Trinajstić information content (AvgIpc) is 2.58. The fourth-order valence-electron chi connectivity index (χ4n) is 2.37. The molecule has 2 aromatic rings. The summed E-state index contributed by atoms with van der Waals surface area (Å²) in [5.41, 5.74) is 7.33. The van der Waals surface area contributed by atoms with Gasteiger partial charge in [-0.3, -0.25) is 20.4 Å². The van der Waals surface area contributed by atoms with E-state index in [0.717, 1.165) is 11.1 Å². The Kier molecular flexibility index (Phi) is 5.88. The van der Waals surface area contributed by atoms with Crippen molar-refractivity contribution in [1.82, 2.24) is 10.9 Å². The molecule has 25 heavy (non-hydrogen) atoms. The number of hydrogen-bond acceptors (Lipinski definition) is 4. The maximum absolute atomic E-state index is 12.3. The molecule has 7 heteroatoms. The Morgan fingerprint density at radius 3 is 2.24 bits per heavy atom. The summed E-state index contributed by atoms with van der Waals surface area (Å²) in [5.74, 6) is -0.278. The average molecular weight is 363 g/mol. The van der Waals surface area contributed by atoms with Gasteiger partial charge in [0.15, 0.2) is 11.5 Å². The first-order valence-electron chi connectivity index (χ1n) is 7.46. The third-order valence-corrected chi connectivity index (χ3v) is 3.89. The maximum Gasteiger partial charge on any atom is 0.269 e. The largest absolute Gasteiger partial charge is 0.493 e. The number of benzene rings is 2. The molecule has 0 bridgehead atoms. The van der Waals surface area contributed by atoms with Crippen LogP contribution < -0.4 is 20.3 Å². The Morgan fingerprint density at radius 2 is 1.64 bits per heavy atom. The van der Waals surface area contributed by atoms with Crippen molar-refractivity contribution in [1.29, 1.82) is 0 Å². The lowest BCUT2D eigenvalue weighted by Crippen LogP contribution is -2.41. The lowest BCUT2D eigenvalue weighted by atomic mass is 10.1. The predicted octanol–water partition coefficient (Wildman–Crippen LogP) is 3.05. The third kappa shape index (κ3) is 4.22. The van der Waals surface area contributed by atoms with Crippen LogP contribution in [0.5, 0.6) is 11.5 Å². The second kappa shape index (κ2) is 7.90. The summed E-state index contributed by atoms with van der Waals surface area (Å²) in [6.07, 6.45) is 0. The zero-order valence-corrected chi connectivity index (χ0v) is 15.2. The Labute approximate surface area is 151 Å². The van der Waals surface area contributed by atoms with Crippen molar-refractivity contribution in [3.63, 3.8) is 0 Å². The Morgan fingerprint density at radius 1 is 0.960 bits per heavy atom. The molecule has 2 aromatic carbocycles. The topological polar surface area (TPSA) is 76.7 Å². The molecule has 0 saturated carbocycles. The first-order chi connectivity index (χ1) is 11.9. The molecular formula is C18H19ClN2O4. The van der Waals surface area contributed by atoms with Crippen LogP contribution in [0.15, 0.2) is 30.3 Å². The number of methoxy groups -OCH3 is 2.